The van der Waals surface area contributed by atoms with Gasteiger partial charge in [0.15, 0.2) is 5.65 Å². The zero-order valence-electron chi connectivity index (χ0n) is 22.4. The highest BCUT2D eigenvalue weighted by Gasteiger charge is 2.27. The van der Waals surface area contributed by atoms with Gasteiger partial charge in [0.2, 0.25) is 0 Å². The molecule has 10 heteroatoms. The van der Waals surface area contributed by atoms with Gasteiger partial charge in [0.1, 0.15) is 12.1 Å². The van der Waals surface area contributed by atoms with Gasteiger partial charge in [0.25, 0.3) is 11.5 Å². The molecule has 0 bridgehead atoms. The molecule has 2 heterocycles. The monoisotopic (exact) mass is 489 g/mol. The maximum absolute atomic E-state index is 13.8. The first-order valence-corrected chi connectivity index (χ1v) is 11.9. The molecule has 0 radical (unpaired) electrons. The Morgan fingerprint density at radius 2 is 1.74 bits per heavy atom. The average molecular weight is 490 g/mol. The maximum Gasteiger partial charge on any atom is 0.330 e. The SMILES string of the molecule is CC(C)Cn1c(=O)[nH]c(=O)c2c(C(=O)N(CCN(C)C)CC(=O)OC(C)(C)C)cc(C(C)C)nc21. The summed E-state index contributed by atoms with van der Waals surface area (Å²) in [7, 11) is 3.73. The molecule has 0 aliphatic carbocycles. The Labute approximate surface area is 206 Å². The van der Waals surface area contributed by atoms with Gasteiger partial charge in [-0.25, -0.2) is 9.78 Å². The van der Waals surface area contributed by atoms with E-state index in [1.165, 1.54) is 9.47 Å². The minimum atomic E-state index is -0.703. The molecular formula is C25H39N5O5. The Morgan fingerprint density at radius 3 is 2.26 bits per heavy atom. The molecule has 0 aromatic carbocycles. The van der Waals surface area contributed by atoms with E-state index in [0.29, 0.717) is 18.8 Å². The van der Waals surface area contributed by atoms with Gasteiger partial charge in [-0.15, -0.1) is 0 Å². The van der Waals surface area contributed by atoms with Crippen LogP contribution in [0.25, 0.3) is 11.0 Å². The Bertz CT molecular complexity index is 1190. The number of hydrogen-bond acceptors (Lipinski definition) is 7. The summed E-state index contributed by atoms with van der Waals surface area (Å²) >= 11 is 0. The summed E-state index contributed by atoms with van der Waals surface area (Å²) in [5.74, 6) is -0.993. The number of esters is 1. The van der Waals surface area contributed by atoms with Crippen LogP contribution in [0.3, 0.4) is 0 Å². The quantitative estimate of drug-likeness (QED) is 0.537. The fraction of sp³-hybridized carbons (Fsp3) is 0.640. The number of nitrogens with one attached hydrogen (secondary N) is 1. The largest absolute Gasteiger partial charge is 0.459 e. The summed E-state index contributed by atoms with van der Waals surface area (Å²) in [4.78, 5) is 62.3. The van der Waals surface area contributed by atoms with E-state index in [9.17, 15) is 19.2 Å². The second kappa shape index (κ2) is 11.2. The molecule has 194 valence electrons. The van der Waals surface area contributed by atoms with Gasteiger partial charge < -0.3 is 14.5 Å². The Kier molecular flexibility index (Phi) is 9.00. The van der Waals surface area contributed by atoms with Crippen molar-refractivity contribution in [1.82, 2.24) is 24.3 Å². The van der Waals surface area contributed by atoms with Gasteiger partial charge >= 0.3 is 11.7 Å². The van der Waals surface area contributed by atoms with E-state index >= 15 is 0 Å². The van der Waals surface area contributed by atoms with Crippen LogP contribution in [0.1, 0.15) is 70.4 Å². The number of likely N-dealkylation sites (N-methyl/N-ethyl adjacent to an activating group) is 1. The van der Waals surface area contributed by atoms with E-state index in [1.807, 2.05) is 46.7 Å². The summed E-state index contributed by atoms with van der Waals surface area (Å²) < 4.78 is 6.85. The molecule has 0 aliphatic heterocycles. The van der Waals surface area contributed by atoms with Gasteiger partial charge in [-0.3, -0.25) is 23.9 Å². The van der Waals surface area contributed by atoms with Crippen LogP contribution in [0.15, 0.2) is 15.7 Å². The normalized spacial score (nSPS) is 12.1. The minimum Gasteiger partial charge on any atom is -0.459 e. The number of amides is 1. The zero-order valence-corrected chi connectivity index (χ0v) is 22.4. The van der Waals surface area contributed by atoms with Crippen molar-refractivity contribution in [2.45, 2.75) is 66.5 Å². The molecule has 1 N–H and O–H groups in total. The number of H-pyrrole nitrogens is 1. The number of aromatic nitrogens is 3. The Morgan fingerprint density at radius 1 is 1.11 bits per heavy atom. The number of carbonyl (C=O) groups is 2. The van der Waals surface area contributed by atoms with Crippen molar-refractivity contribution in [3.05, 3.63) is 38.2 Å². The van der Waals surface area contributed by atoms with Crippen molar-refractivity contribution in [3.8, 4) is 0 Å². The van der Waals surface area contributed by atoms with Crippen molar-refractivity contribution < 1.29 is 14.3 Å². The van der Waals surface area contributed by atoms with E-state index < -0.39 is 28.7 Å². The summed E-state index contributed by atoms with van der Waals surface area (Å²) in [5.41, 5.74) is -1.09. The van der Waals surface area contributed by atoms with Gasteiger partial charge in [0, 0.05) is 25.3 Å². The number of aromatic amines is 1. The molecule has 2 aromatic rings. The molecule has 0 saturated carbocycles. The first kappa shape index (κ1) is 28.2. The smallest absolute Gasteiger partial charge is 0.330 e. The fourth-order valence-electron chi connectivity index (χ4n) is 3.57. The first-order valence-electron chi connectivity index (χ1n) is 11.9. The van der Waals surface area contributed by atoms with Crippen LogP contribution in [-0.4, -0.2) is 75.5 Å². The van der Waals surface area contributed by atoms with Crippen LogP contribution in [0.5, 0.6) is 0 Å². The Hall–Kier alpha value is -3.01. The highest BCUT2D eigenvalue weighted by molar-refractivity contribution is 6.06. The first-order chi connectivity index (χ1) is 16.1. The number of hydrogen-bond donors (Lipinski definition) is 1. The number of carbonyl (C=O) groups excluding carboxylic acids is 2. The third-order valence-corrected chi connectivity index (χ3v) is 5.18. The van der Waals surface area contributed by atoms with Crippen LogP contribution in [-0.2, 0) is 16.1 Å². The third-order valence-electron chi connectivity index (χ3n) is 5.18. The fourth-order valence-corrected chi connectivity index (χ4v) is 3.57. The van der Waals surface area contributed by atoms with Gasteiger partial charge in [-0.05, 0) is 52.8 Å². The molecular weight excluding hydrogens is 450 g/mol. The number of pyridine rings is 1. The topological polar surface area (TPSA) is 118 Å². The predicted molar refractivity (Wildman–Crippen MR) is 136 cm³/mol. The highest BCUT2D eigenvalue weighted by Crippen LogP contribution is 2.22. The van der Waals surface area contributed by atoms with Crippen molar-refractivity contribution in [2.75, 3.05) is 33.7 Å². The minimum absolute atomic E-state index is 0.0405. The summed E-state index contributed by atoms with van der Waals surface area (Å²) in [6, 6.07) is 1.59. The number of fused-ring (bicyclic) bond motifs is 1. The van der Waals surface area contributed by atoms with E-state index in [1.54, 1.807) is 26.8 Å². The second-order valence-electron chi connectivity index (χ2n) is 10.8. The molecule has 10 nitrogen and oxygen atoms in total. The molecule has 0 aliphatic rings. The summed E-state index contributed by atoms with van der Waals surface area (Å²) in [6.45, 7) is 13.8. The van der Waals surface area contributed by atoms with Crippen LogP contribution in [0.4, 0.5) is 0 Å². The van der Waals surface area contributed by atoms with Gasteiger partial charge in [-0.2, -0.15) is 0 Å². The van der Waals surface area contributed by atoms with E-state index in [-0.39, 0.29) is 41.5 Å². The highest BCUT2D eigenvalue weighted by atomic mass is 16.6. The number of ether oxygens (including phenoxy) is 1. The van der Waals surface area contributed by atoms with Gasteiger partial charge in [0.05, 0.1) is 10.9 Å². The molecule has 2 rings (SSSR count). The van der Waals surface area contributed by atoms with Crippen LogP contribution in [0, 0.1) is 5.92 Å². The summed E-state index contributed by atoms with van der Waals surface area (Å²) in [6.07, 6.45) is 0. The van der Waals surface area contributed by atoms with Crippen LogP contribution >= 0.6 is 0 Å². The maximum atomic E-state index is 13.8. The van der Waals surface area contributed by atoms with E-state index in [4.69, 9.17) is 4.74 Å². The molecule has 2 aromatic heterocycles. The molecule has 0 spiro atoms. The van der Waals surface area contributed by atoms with Crippen molar-refractivity contribution in [3.63, 3.8) is 0 Å². The standard InChI is InChI=1S/C25H39N5O5/c1-15(2)13-30-21-20(22(32)27-24(30)34)17(12-18(26-21)16(3)4)23(33)29(11-10-28(8)9)14-19(31)35-25(5,6)7/h12,15-16H,10-11,13-14H2,1-9H3,(H,27,32,34). The van der Waals surface area contributed by atoms with Crippen LogP contribution < -0.4 is 11.2 Å². The molecule has 35 heavy (non-hydrogen) atoms. The lowest BCUT2D eigenvalue weighted by Gasteiger charge is -2.27. The molecule has 0 fully saturated rings. The predicted octanol–water partition coefficient (Wildman–Crippen LogP) is 2.21. The lowest BCUT2D eigenvalue weighted by molar-refractivity contribution is -0.155. The average Bonchev–Trinajstić information content (AvgIpc) is 2.70. The van der Waals surface area contributed by atoms with Gasteiger partial charge in [-0.1, -0.05) is 27.7 Å². The molecule has 0 unspecified atom stereocenters. The van der Waals surface area contributed by atoms with Crippen LogP contribution in [0.2, 0.25) is 0 Å². The third kappa shape index (κ3) is 7.48. The zero-order chi connectivity index (χ0) is 26.7. The van der Waals surface area contributed by atoms with Crippen molar-refractivity contribution in [2.24, 2.45) is 5.92 Å². The lowest BCUT2D eigenvalue weighted by atomic mass is 10.0. The lowest BCUT2D eigenvalue weighted by Crippen LogP contribution is -2.42. The molecule has 0 atom stereocenters. The Balaban J connectivity index is 2.73. The number of rotatable bonds is 9. The molecule has 1 amide bonds. The second-order valence-corrected chi connectivity index (χ2v) is 10.8. The van der Waals surface area contributed by atoms with E-state index in [0.717, 1.165) is 0 Å². The van der Waals surface area contributed by atoms with Crippen molar-refractivity contribution in [1.29, 1.82) is 0 Å². The van der Waals surface area contributed by atoms with Crippen molar-refractivity contribution >= 4 is 22.9 Å². The molecule has 0 saturated heterocycles. The van der Waals surface area contributed by atoms with E-state index in [2.05, 4.69) is 9.97 Å². The summed E-state index contributed by atoms with van der Waals surface area (Å²) in [5, 5.41) is 0.0405. The number of nitrogens with zero attached hydrogens (tertiary/aromatic N) is 4.